The minimum absolute atomic E-state index is 0.0102. The number of aliphatic hydroxyl groups is 1. The number of fused-ring (bicyclic) bond motifs is 3. The van der Waals surface area contributed by atoms with E-state index in [1.165, 1.54) is 35.6 Å². The van der Waals surface area contributed by atoms with Gasteiger partial charge in [-0.3, -0.25) is 19.9 Å². The average molecular weight is 669 g/mol. The number of carbonyl (C=O) groups excluding carboxylic acids is 4. The number of allylic oxidation sites excluding steroid dienone is 2. The molecule has 2 aliphatic heterocycles. The number of nitrogens with one attached hydrogen (secondary N) is 2. The summed E-state index contributed by atoms with van der Waals surface area (Å²) < 4.78 is 31.5. The molecule has 0 saturated carbocycles. The fraction of sp³-hybridized carbons (Fsp3) is 0.485. The molecule has 4 heterocycles. The molecule has 4 rings (SSSR count). The standard InChI is InChI=1S/C33H41FN6O8/c1-20-6-4-10-37-28(42)9-8-21(2)30(22(3)18-47-33(45)39-27-17-35-11-12-36-27)48-32(44)26-7-5-13-40(26)31(43)25-19-46-29(38-25)16-23(34)15-24(41)14-20/h4,6,8-9,11-12,14,17,19,21-24,26,30,41H,5,7,10,13,15-16,18H2,1-3H3,(H,37,42)(H,36,39,45)/b6-4+,9-8+,20-14+. The quantitative estimate of drug-likeness (QED) is 0.406. The van der Waals surface area contributed by atoms with Crippen molar-refractivity contribution in [3.8, 4) is 0 Å². The van der Waals surface area contributed by atoms with Gasteiger partial charge in [-0.15, -0.1) is 0 Å². The van der Waals surface area contributed by atoms with Gasteiger partial charge in [0.1, 0.15) is 24.6 Å². The number of nitrogens with zero attached hydrogens (tertiary/aromatic N) is 4. The lowest BCUT2D eigenvalue weighted by Crippen LogP contribution is -2.44. The van der Waals surface area contributed by atoms with Crippen molar-refractivity contribution in [3.05, 3.63) is 72.4 Å². The molecule has 3 N–H and O–H groups in total. The lowest BCUT2D eigenvalue weighted by Gasteiger charge is -2.30. The first-order valence-corrected chi connectivity index (χ1v) is 15.8. The molecule has 48 heavy (non-hydrogen) atoms. The Morgan fingerprint density at radius 1 is 1.27 bits per heavy atom. The maximum absolute atomic E-state index is 14.8. The number of hydrogen-bond acceptors (Lipinski definition) is 11. The highest BCUT2D eigenvalue weighted by atomic mass is 19.1. The summed E-state index contributed by atoms with van der Waals surface area (Å²) in [6.45, 7) is 5.53. The SMILES string of the molecule is CC1=C\C(O)CC(F)Cc2nc(co2)C(=O)N2CCCC2C(=O)OC(C(C)COC(=O)Nc2cnccn2)C(C)/C=C/C(=O)NC\C=C\1. The average Bonchev–Trinajstić information content (AvgIpc) is 3.73. The number of halogens is 1. The van der Waals surface area contributed by atoms with Crippen LogP contribution in [0.2, 0.25) is 0 Å². The molecule has 6 unspecified atom stereocenters. The van der Waals surface area contributed by atoms with E-state index in [1.54, 1.807) is 39.0 Å². The minimum Gasteiger partial charge on any atom is -0.460 e. The highest BCUT2D eigenvalue weighted by Gasteiger charge is 2.39. The molecule has 2 aromatic rings. The summed E-state index contributed by atoms with van der Waals surface area (Å²) in [7, 11) is 0. The van der Waals surface area contributed by atoms with Gasteiger partial charge in [-0.25, -0.2) is 23.9 Å². The zero-order valence-corrected chi connectivity index (χ0v) is 27.1. The Morgan fingerprint density at radius 3 is 2.85 bits per heavy atom. The van der Waals surface area contributed by atoms with Gasteiger partial charge >= 0.3 is 12.1 Å². The molecule has 14 nitrogen and oxygen atoms in total. The van der Waals surface area contributed by atoms with Gasteiger partial charge in [0.2, 0.25) is 5.91 Å². The van der Waals surface area contributed by atoms with E-state index in [0.717, 1.165) is 6.26 Å². The van der Waals surface area contributed by atoms with Gasteiger partial charge in [-0.05, 0) is 25.8 Å². The van der Waals surface area contributed by atoms with E-state index < -0.39 is 60.1 Å². The molecule has 1 saturated heterocycles. The summed E-state index contributed by atoms with van der Waals surface area (Å²) in [5.74, 6) is -2.50. The van der Waals surface area contributed by atoms with Crippen molar-refractivity contribution in [2.24, 2.45) is 11.8 Å². The largest absolute Gasteiger partial charge is 0.460 e. The summed E-state index contributed by atoms with van der Waals surface area (Å²) in [5.41, 5.74) is 0.591. The van der Waals surface area contributed by atoms with Gasteiger partial charge in [0.05, 0.1) is 25.3 Å². The van der Waals surface area contributed by atoms with Crippen LogP contribution in [0.5, 0.6) is 0 Å². The first-order chi connectivity index (χ1) is 23.0. The summed E-state index contributed by atoms with van der Waals surface area (Å²) in [6, 6.07) is -0.930. The highest BCUT2D eigenvalue weighted by molar-refractivity contribution is 5.95. The molecule has 1 fully saturated rings. The monoisotopic (exact) mass is 668 g/mol. The van der Waals surface area contributed by atoms with Gasteiger partial charge in [0, 0.05) is 43.7 Å². The molecule has 258 valence electrons. The minimum atomic E-state index is -1.50. The summed E-state index contributed by atoms with van der Waals surface area (Å²) in [6.07, 6.45) is 9.32. The summed E-state index contributed by atoms with van der Waals surface area (Å²) >= 11 is 0. The van der Waals surface area contributed by atoms with Gasteiger partial charge in [-0.2, -0.15) is 0 Å². The van der Waals surface area contributed by atoms with Crippen molar-refractivity contribution in [1.29, 1.82) is 0 Å². The molecule has 15 heteroatoms. The van der Waals surface area contributed by atoms with E-state index in [2.05, 4.69) is 25.6 Å². The Hall–Kier alpha value is -4.92. The van der Waals surface area contributed by atoms with Gasteiger partial charge in [0.25, 0.3) is 5.91 Å². The lowest BCUT2D eigenvalue weighted by atomic mass is 9.93. The third kappa shape index (κ3) is 10.6. The van der Waals surface area contributed by atoms with Gasteiger partial charge in [-0.1, -0.05) is 43.7 Å². The van der Waals surface area contributed by atoms with E-state index in [1.807, 2.05) is 0 Å². The normalized spacial score (nSPS) is 27.8. The topological polar surface area (TPSA) is 186 Å². The smallest absolute Gasteiger partial charge is 0.412 e. The molecule has 0 aliphatic carbocycles. The van der Waals surface area contributed by atoms with Crippen LogP contribution in [0.15, 0.2) is 65.2 Å². The number of carbonyl (C=O) groups is 4. The predicted octanol–water partition coefficient (Wildman–Crippen LogP) is 3.32. The highest BCUT2D eigenvalue weighted by Crippen LogP contribution is 2.26. The number of aliphatic hydroxyl groups excluding tert-OH is 1. The second kappa shape index (κ2) is 17.3. The number of rotatable bonds is 4. The Balaban J connectivity index is 1.54. The zero-order chi connectivity index (χ0) is 34.6. The van der Waals surface area contributed by atoms with Gasteiger partial charge < -0.3 is 29.2 Å². The molecular weight excluding hydrogens is 627 g/mol. The number of oxazole rings is 1. The van der Waals surface area contributed by atoms with E-state index in [9.17, 15) is 28.7 Å². The van der Waals surface area contributed by atoms with Crippen molar-refractivity contribution in [2.45, 2.75) is 70.9 Å². The number of esters is 1. The van der Waals surface area contributed by atoms with E-state index in [4.69, 9.17) is 13.9 Å². The number of aromatic nitrogens is 3. The third-order valence-corrected chi connectivity index (χ3v) is 7.83. The molecule has 0 radical (unpaired) electrons. The van der Waals surface area contributed by atoms with Crippen LogP contribution in [0.4, 0.5) is 15.0 Å². The molecule has 2 aliphatic rings. The Bertz CT molecular complexity index is 1510. The first kappa shape index (κ1) is 35.9. The zero-order valence-electron chi connectivity index (χ0n) is 27.1. The van der Waals surface area contributed by atoms with Crippen LogP contribution in [0, 0.1) is 11.8 Å². The maximum atomic E-state index is 14.8. The van der Waals surface area contributed by atoms with Crippen LogP contribution in [0.25, 0.3) is 0 Å². The fourth-order valence-corrected chi connectivity index (χ4v) is 5.44. The number of amides is 3. The van der Waals surface area contributed by atoms with Crippen LogP contribution >= 0.6 is 0 Å². The molecule has 0 aromatic carbocycles. The predicted molar refractivity (Wildman–Crippen MR) is 170 cm³/mol. The first-order valence-electron chi connectivity index (χ1n) is 15.8. The van der Waals surface area contributed by atoms with Crippen LogP contribution < -0.4 is 10.6 Å². The number of cyclic esters (lactones) is 1. The Labute approximate surface area is 277 Å². The second-order valence-electron chi connectivity index (χ2n) is 11.9. The Kier molecular flexibility index (Phi) is 12.9. The van der Waals surface area contributed by atoms with Crippen molar-refractivity contribution >= 4 is 29.7 Å². The van der Waals surface area contributed by atoms with E-state index >= 15 is 0 Å². The van der Waals surface area contributed by atoms with E-state index in [0.29, 0.717) is 18.4 Å². The van der Waals surface area contributed by atoms with Crippen molar-refractivity contribution < 1.29 is 42.6 Å². The molecule has 0 spiro atoms. The van der Waals surface area contributed by atoms with Crippen molar-refractivity contribution in [1.82, 2.24) is 25.2 Å². The second-order valence-corrected chi connectivity index (χ2v) is 11.9. The lowest BCUT2D eigenvalue weighted by molar-refractivity contribution is -0.159. The molecule has 3 amide bonds. The van der Waals surface area contributed by atoms with Crippen LogP contribution in [0.1, 0.15) is 56.4 Å². The summed E-state index contributed by atoms with van der Waals surface area (Å²) in [4.78, 5) is 65.3. The molecule has 2 aromatic heterocycles. The Morgan fingerprint density at radius 2 is 2.08 bits per heavy atom. The maximum Gasteiger partial charge on any atom is 0.412 e. The number of ether oxygens (including phenoxy) is 2. The van der Waals surface area contributed by atoms with Crippen LogP contribution in [-0.2, 0) is 25.5 Å². The number of hydrogen-bond donors (Lipinski definition) is 3. The van der Waals surface area contributed by atoms with Gasteiger partial charge in [0.15, 0.2) is 17.4 Å². The van der Waals surface area contributed by atoms with Crippen LogP contribution in [-0.4, -0.2) is 93.0 Å². The third-order valence-electron chi connectivity index (χ3n) is 7.83. The van der Waals surface area contributed by atoms with Crippen LogP contribution in [0.3, 0.4) is 0 Å². The number of alkyl halides is 1. The van der Waals surface area contributed by atoms with Crippen molar-refractivity contribution in [2.75, 3.05) is 25.0 Å². The van der Waals surface area contributed by atoms with Crippen molar-refractivity contribution in [3.63, 3.8) is 0 Å². The molecular formula is C33H41FN6O8. The number of anilines is 1. The fourth-order valence-electron chi connectivity index (χ4n) is 5.44. The molecule has 2 bridgehead atoms. The molecule has 6 atom stereocenters. The van der Waals surface area contributed by atoms with E-state index in [-0.39, 0.29) is 49.9 Å². The summed E-state index contributed by atoms with van der Waals surface area (Å²) in [5, 5.41) is 15.5.